The standard InChI is InChI=1S/C30H40FN5O3/c31-23-16-21-26-29(27(23)35-11-10-19(32)17-35)39-25-9-5-4-8-24(25)36(26)18-22(28(21)37)30(38)34-14-12-33(13-15-34)20-6-2-1-3-7-20/h1-3,6-7,18-19,21,23-27,29H,4-5,8-17,32H2. The predicted octanol–water partition coefficient (Wildman–Crippen LogP) is 1.94. The molecule has 7 rings (SSSR count). The summed E-state index contributed by atoms with van der Waals surface area (Å²) >= 11 is 0. The number of fused-ring (bicyclic) bond motifs is 2. The normalized spacial score (nSPS) is 38.8. The number of ketones is 1. The van der Waals surface area contributed by atoms with Crippen LogP contribution in [0.1, 0.15) is 38.5 Å². The summed E-state index contributed by atoms with van der Waals surface area (Å²) in [6.45, 7) is 4.00. The molecule has 9 heteroatoms. The summed E-state index contributed by atoms with van der Waals surface area (Å²) in [5.41, 5.74) is 7.59. The Morgan fingerprint density at radius 3 is 2.49 bits per heavy atom. The summed E-state index contributed by atoms with van der Waals surface area (Å²) in [6, 6.07) is 9.77. The van der Waals surface area contributed by atoms with E-state index in [4.69, 9.17) is 10.5 Å². The number of piperazine rings is 1. The van der Waals surface area contributed by atoms with E-state index in [1.165, 1.54) is 0 Å². The second kappa shape index (κ2) is 10.2. The molecule has 0 aromatic heterocycles. The Balaban J connectivity index is 1.16. The molecule has 39 heavy (non-hydrogen) atoms. The molecule has 1 aromatic carbocycles. The zero-order valence-electron chi connectivity index (χ0n) is 22.5. The number of halogens is 1. The zero-order chi connectivity index (χ0) is 26.7. The van der Waals surface area contributed by atoms with Crippen LogP contribution < -0.4 is 10.6 Å². The highest BCUT2D eigenvalue weighted by molar-refractivity contribution is 6.20. The second-order valence-electron chi connectivity index (χ2n) is 12.3. The van der Waals surface area contributed by atoms with Crippen molar-refractivity contribution in [1.82, 2.24) is 14.7 Å². The first-order valence-electron chi connectivity index (χ1n) is 14.9. The highest BCUT2D eigenvalue weighted by atomic mass is 19.1. The largest absolute Gasteiger partial charge is 0.369 e. The fourth-order valence-electron chi connectivity index (χ4n) is 8.21. The van der Waals surface area contributed by atoms with Crippen molar-refractivity contribution >= 4 is 17.4 Å². The van der Waals surface area contributed by atoms with Crippen LogP contribution in [0.25, 0.3) is 0 Å². The third-order valence-corrected chi connectivity index (χ3v) is 10.1. The average Bonchev–Trinajstić information content (AvgIpc) is 3.40. The summed E-state index contributed by atoms with van der Waals surface area (Å²) in [4.78, 5) is 36.3. The van der Waals surface area contributed by atoms with Gasteiger partial charge in [-0.05, 0) is 37.8 Å². The van der Waals surface area contributed by atoms with E-state index < -0.39 is 24.2 Å². The third-order valence-electron chi connectivity index (χ3n) is 10.1. The van der Waals surface area contributed by atoms with Crippen molar-refractivity contribution in [3.8, 4) is 0 Å². The van der Waals surface area contributed by atoms with Gasteiger partial charge in [0, 0.05) is 63.1 Å². The van der Waals surface area contributed by atoms with E-state index in [0.29, 0.717) is 19.6 Å². The van der Waals surface area contributed by atoms with Crippen molar-refractivity contribution in [2.45, 2.75) is 81.1 Å². The molecule has 8 nitrogen and oxygen atoms in total. The molecule has 8 atom stereocenters. The number of hydrogen-bond acceptors (Lipinski definition) is 7. The first-order valence-corrected chi connectivity index (χ1v) is 14.9. The van der Waals surface area contributed by atoms with Crippen molar-refractivity contribution < 1.29 is 18.7 Å². The molecular weight excluding hydrogens is 497 g/mol. The van der Waals surface area contributed by atoms with E-state index in [2.05, 4.69) is 26.8 Å². The van der Waals surface area contributed by atoms with Crippen LogP contribution in [-0.4, -0.2) is 108 Å². The van der Waals surface area contributed by atoms with E-state index in [1.54, 1.807) is 0 Å². The fourth-order valence-corrected chi connectivity index (χ4v) is 8.21. The highest BCUT2D eigenvalue weighted by Gasteiger charge is 2.60. The second-order valence-corrected chi connectivity index (χ2v) is 12.3. The van der Waals surface area contributed by atoms with Gasteiger partial charge in [0.1, 0.15) is 6.17 Å². The molecule has 1 aromatic rings. The van der Waals surface area contributed by atoms with Gasteiger partial charge in [0.15, 0.2) is 5.78 Å². The number of likely N-dealkylation sites (tertiary alicyclic amines) is 1. The zero-order valence-corrected chi connectivity index (χ0v) is 22.5. The molecule has 210 valence electrons. The first-order chi connectivity index (χ1) is 19.0. The van der Waals surface area contributed by atoms with Crippen LogP contribution >= 0.6 is 0 Å². The van der Waals surface area contributed by atoms with Gasteiger partial charge in [-0.3, -0.25) is 14.5 Å². The minimum absolute atomic E-state index is 0.0000482. The number of ether oxygens (including phenoxy) is 1. The average molecular weight is 538 g/mol. The third kappa shape index (κ3) is 4.37. The lowest BCUT2D eigenvalue weighted by molar-refractivity contribution is -0.210. The maximum Gasteiger partial charge on any atom is 0.259 e. The van der Waals surface area contributed by atoms with Crippen molar-refractivity contribution in [2.24, 2.45) is 11.7 Å². The summed E-state index contributed by atoms with van der Waals surface area (Å²) in [6.07, 6.45) is 5.38. The van der Waals surface area contributed by atoms with Gasteiger partial charge in [-0.25, -0.2) is 4.39 Å². The number of para-hydroxylation sites is 1. The van der Waals surface area contributed by atoms with Crippen molar-refractivity contribution in [3.63, 3.8) is 0 Å². The first kappa shape index (κ1) is 25.5. The van der Waals surface area contributed by atoms with Gasteiger partial charge in [0.25, 0.3) is 5.91 Å². The Labute approximate surface area is 229 Å². The Kier molecular flexibility index (Phi) is 6.64. The van der Waals surface area contributed by atoms with Crippen molar-refractivity contribution in [1.29, 1.82) is 0 Å². The number of carbonyl (C=O) groups excluding carboxylic acids is 2. The summed E-state index contributed by atoms with van der Waals surface area (Å²) in [7, 11) is 0. The molecule has 2 N–H and O–H groups in total. The van der Waals surface area contributed by atoms with Gasteiger partial charge < -0.3 is 25.2 Å². The number of nitrogens with zero attached hydrogens (tertiary/aromatic N) is 4. The minimum Gasteiger partial charge on any atom is -0.369 e. The number of rotatable bonds is 3. The molecule has 2 saturated carbocycles. The molecule has 2 aliphatic carbocycles. The molecular formula is C30H40FN5O3. The summed E-state index contributed by atoms with van der Waals surface area (Å²) < 4.78 is 22.7. The quantitative estimate of drug-likeness (QED) is 0.591. The number of amides is 1. The van der Waals surface area contributed by atoms with Gasteiger partial charge in [0.05, 0.1) is 35.9 Å². The molecule has 4 heterocycles. The highest BCUT2D eigenvalue weighted by Crippen LogP contribution is 2.47. The number of nitrogens with two attached hydrogens (primary N) is 1. The van der Waals surface area contributed by atoms with Gasteiger partial charge in [0.2, 0.25) is 0 Å². The Bertz CT molecular complexity index is 1120. The van der Waals surface area contributed by atoms with Crippen LogP contribution in [0.5, 0.6) is 0 Å². The van der Waals surface area contributed by atoms with Crippen LogP contribution in [-0.2, 0) is 14.3 Å². The predicted molar refractivity (Wildman–Crippen MR) is 146 cm³/mol. The van der Waals surface area contributed by atoms with E-state index in [-0.39, 0.29) is 47.9 Å². The Hall–Kier alpha value is -2.49. The molecule has 5 fully saturated rings. The number of Topliss-reactive ketones (excluding diaryl/α,β-unsaturated/α-hetero) is 1. The summed E-state index contributed by atoms with van der Waals surface area (Å²) in [5, 5.41) is 0. The molecule has 1 amide bonds. The fraction of sp³-hybridized carbons (Fsp3) is 0.667. The Morgan fingerprint density at radius 2 is 1.74 bits per heavy atom. The maximum absolute atomic E-state index is 16.0. The monoisotopic (exact) mass is 537 g/mol. The van der Waals surface area contributed by atoms with E-state index >= 15 is 4.39 Å². The van der Waals surface area contributed by atoms with Crippen LogP contribution in [0.4, 0.5) is 10.1 Å². The number of anilines is 1. The molecule has 3 saturated heterocycles. The smallest absolute Gasteiger partial charge is 0.259 e. The van der Waals surface area contributed by atoms with Crippen LogP contribution in [0.3, 0.4) is 0 Å². The number of hydrogen-bond donors (Lipinski definition) is 1. The van der Waals surface area contributed by atoms with Crippen LogP contribution in [0.2, 0.25) is 0 Å². The maximum atomic E-state index is 16.0. The number of morpholine rings is 1. The lowest BCUT2D eigenvalue weighted by Crippen LogP contribution is -2.73. The SMILES string of the molecule is NC1CCN(C2C(F)CC3C(=O)C(C(=O)N4CCN(c5ccccc5)CC4)=CN4C5CCCCC5OC2C34)C1. The summed E-state index contributed by atoms with van der Waals surface area (Å²) in [5.74, 6) is -0.964. The van der Waals surface area contributed by atoms with Gasteiger partial charge in [-0.2, -0.15) is 0 Å². The van der Waals surface area contributed by atoms with Crippen molar-refractivity contribution in [2.75, 3.05) is 44.2 Å². The Morgan fingerprint density at radius 1 is 0.974 bits per heavy atom. The van der Waals surface area contributed by atoms with Crippen molar-refractivity contribution in [3.05, 3.63) is 42.1 Å². The molecule has 6 aliphatic rings. The van der Waals surface area contributed by atoms with E-state index in [9.17, 15) is 9.59 Å². The lowest BCUT2D eigenvalue weighted by atomic mass is 9.69. The molecule has 0 radical (unpaired) electrons. The molecule has 8 unspecified atom stereocenters. The van der Waals surface area contributed by atoms with Crippen LogP contribution in [0.15, 0.2) is 42.1 Å². The van der Waals surface area contributed by atoms with E-state index in [1.807, 2.05) is 29.3 Å². The van der Waals surface area contributed by atoms with Crippen LogP contribution in [0, 0.1) is 5.92 Å². The molecule has 0 bridgehead atoms. The molecule has 4 aliphatic heterocycles. The number of alkyl halides is 1. The number of carbonyl (C=O) groups is 2. The lowest BCUT2D eigenvalue weighted by Gasteiger charge is -2.60. The van der Waals surface area contributed by atoms with Gasteiger partial charge >= 0.3 is 0 Å². The van der Waals surface area contributed by atoms with Gasteiger partial charge in [-0.15, -0.1) is 0 Å². The topological polar surface area (TPSA) is 82.3 Å². The van der Waals surface area contributed by atoms with E-state index in [0.717, 1.165) is 57.4 Å². The molecule has 0 spiro atoms. The minimum atomic E-state index is -1.18. The van der Waals surface area contributed by atoms with Gasteiger partial charge in [-0.1, -0.05) is 31.0 Å². The number of benzene rings is 1.